The van der Waals surface area contributed by atoms with Crippen molar-refractivity contribution in [3.63, 3.8) is 0 Å². The number of anilines is 1. The summed E-state index contributed by atoms with van der Waals surface area (Å²) < 4.78 is 14.1. The number of benzene rings is 2. The number of aromatic amines is 2. The Morgan fingerprint density at radius 3 is 2.65 bits per heavy atom. The van der Waals surface area contributed by atoms with Crippen molar-refractivity contribution >= 4 is 22.6 Å². The van der Waals surface area contributed by atoms with Gasteiger partial charge in [-0.2, -0.15) is 5.10 Å². The fourth-order valence-electron chi connectivity index (χ4n) is 9.36. The van der Waals surface area contributed by atoms with Crippen molar-refractivity contribution in [3.8, 4) is 22.6 Å². The van der Waals surface area contributed by atoms with Crippen LogP contribution in [0.15, 0.2) is 48.8 Å². The molecule has 1 spiro atoms. The van der Waals surface area contributed by atoms with Gasteiger partial charge in [-0.1, -0.05) is 19.1 Å². The highest BCUT2D eigenvalue weighted by atomic mass is 19.1. The molecular weight excluding hydrogens is 656 g/mol. The number of halogens is 1. The van der Waals surface area contributed by atoms with Crippen LogP contribution in [0.3, 0.4) is 0 Å². The summed E-state index contributed by atoms with van der Waals surface area (Å²) in [5.41, 5.74) is 7.29. The molecule has 1 amide bonds. The lowest BCUT2D eigenvalue weighted by Crippen LogP contribution is -2.57. The number of nitrogens with zero attached hydrogens (tertiary/aromatic N) is 8. The van der Waals surface area contributed by atoms with Gasteiger partial charge in [0.2, 0.25) is 0 Å². The monoisotopic (exact) mass is 702 g/mol. The van der Waals surface area contributed by atoms with E-state index in [1.54, 1.807) is 18.5 Å². The molecule has 2 N–H and O–H groups in total. The maximum Gasteiger partial charge on any atom is 0.274 e. The summed E-state index contributed by atoms with van der Waals surface area (Å²) in [5.74, 6) is 1.13. The predicted molar refractivity (Wildman–Crippen MR) is 200 cm³/mol. The molecule has 3 aliphatic heterocycles. The number of H-pyrrole nitrogens is 2. The summed E-state index contributed by atoms with van der Waals surface area (Å²) in [6, 6.07) is 11.7. The number of likely N-dealkylation sites (tertiary alicyclic amines) is 1. The van der Waals surface area contributed by atoms with E-state index in [4.69, 9.17) is 9.97 Å². The Labute approximate surface area is 303 Å². The first-order chi connectivity index (χ1) is 25.3. The van der Waals surface area contributed by atoms with E-state index < -0.39 is 0 Å². The zero-order chi connectivity index (χ0) is 35.4. The average molecular weight is 703 g/mol. The zero-order valence-electron chi connectivity index (χ0n) is 30.2. The third-order valence-corrected chi connectivity index (χ3v) is 12.1. The molecule has 52 heavy (non-hydrogen) atoms. The SMILES string of the molecule is CCc1ccc(F)cc1-c1ccc2c(-c3nc4c([nH]3)CN(C(=O)c3cnc(N5CCCN(C6CCC7(CC6)CN(C)C7)CC5)cn3)CC4)n[nH]c2c1. The van der Waals surface area contributed by atoms with E-state index in [-0.39, 0.29) is 11.7 Å². The second-order valence-electron chi connectivity index (χ2n) is 15.5. The zero-order valence-corrected chi connectivity index (χ0v) is 30.2. The van der Waals surface area contributed by atoms with Gasteiger partial charge < -0.3 is 19.7 Å². The molecule has 6 heterocycles. The van der Waals surface area contributed by atoms with Crippen LogP contribution in [0.5, 0.6) is 0 Å². The van der Waals surface area contributed by atoms with Gasteiger partial charge in [-0.3, -0.25) is 14.8 Å². The van der Waals surface area contributed by atoms with Crippen LogP contribution in [0.2, 0.25) is 0 Å². The minimum Gasteiger partial charge on any atom is -0.354 e. The second-order valence-corrected chi connectivity index (χ2v) is 15.5. The van der Waals surface area contributed by atoms with Crippen LogP contribution in [-0.4, -0.2) is 110 Å². The number of carbonyl (C=O) groups excluding carboxylic acids is 1. The first-order valence-corrected chi connectivity index (χ1v) is 19.0. The summed E-state index contributed by atoms with van der Waals surface area (Å²) in [4.78, 5) is 40.6. The maximum atomic E-state index is 14.1. The van der Waals surface area contributed by atoms with E-state index in [0.717, 1.165) is 89.5 Å². The molecule has 1 saturated carbocycles. The molecular formula is C40H47FN10O. The lowest BCUT2D eigenvalue weighted by Gasteiger charge is -2.53. The third-order valence-electron chi connectivity index (χ3n) is 12.1. The number of hydrogen-bond acceptors (Lipinski definition) is 8. The van der Waals surface area contributed by atoms with Crippen molar-refractivity contribution in [2.75, 3.05) is 57.8 Å². The van der Waals surface area contributed by atoms with Crippen molar-refractivity contribution < 1.29 is 9.18 Å². The van der Waals surface area contributed by atoms with Crippen LogP contribution >= 0.6 is 0 Å². The first-order valence-electron chi connectivity index (χ1n) is 19.0. The summed E-state index contributed by atoms with van der Waals surface area (Å²) >= 11 is 0. The van der Waals surface area contributed by atoms with Gasteiger partial charge in [0.25, 0.3) is 5.91 Å². The molecule has 0 bridgehead atoms. The number of hydrogen-bond donors (Lipinski definition) is 2. The van der Waals surface area contributed by atoms with Gasteiger partial charge in [-0.25, -0.2) is 19.3 Å². The van der Waals surface area contributed by atoms with Gasteiger partial charge in [0, 0.05) is 63.7 Å². The van der Waals surface area contributed by atoms with Gasteiger partial charge in [0.05, 0.1) is 35.8 Å². The van der Waals surface area contributed by atoms with Gasteiger partial charge in [0.1, 0.15) is 23.0 Å². The van der Waals surface area contributed by atoms with Crippen LogP contribution < -0.4 is 4.90 Å². The van der Waals surface area contributed by atoms with Crippen molar-refractivity contribution in [2.45, 2.75) is 64.5 Å². The van der Waals surface area contributed by atoms with Gasteiger partial charge in [-0.05, 0) is 91.9 Å². The minimum atomic E-state index is -0.251. The largest absolute Gasteiger partial charge is 0.354 e. The molecule has 11 nitrogen and oxygen atoms in total. The molecule has 1 aliphatic carbocycles. The summed E-state index contributed by atoms with van der Waals surface area (Å²) in [6.07, 6.45) is 11.4. The van der Waals surface area contributed by atoms with E-state index >= 15 is 0 Å². The average Bonchev–Trinajstić information content (AvgIpc) is 3.70. The highest BCUT2D eigenvalue weighted by Crippen LogP contribution is 2.44. The third kappa shape index (κ3) is 6.15. The number of carbonyl (C=O) groups is 1. The minimum absolute atomic E-state index is 0.128. The van der Waals surface area contributed by atoms with Gasteiger partial charge in [-0.15, -0.1) is 0 Å². The van der Waals surface area contributed by atoms with Crippen LogP contribution in [0, 0.1) is 11.2 Å². The highest BCUT2D eigenvalue weighted by Gasteiger charge is 2.44. The number of imidazole rings is 1. The Morgan fingerprint density at radius 2 is 1.87 bits per heavy atom. The second kappa shape index (κ2) is 13.4. The predicted octanol–water partition coefficient (Wildman–Crippen LogP) is 5.70. The Balaban J connectivity index is 0.834. The highest BCUT2D eigenvalue weighted by molar-refractivity contribution is 5.94. The van der Waals surface area contributed by atoms with Gasteiger partial charge in [0.15, 0.2) is 5.82 Å². The normalized spacial score (nSPS) is 19.9. The van der Waals surface area contributed by atoms with E-state index in [9.17, 15) is 9.18 Å². The van der Waals surface area contributed by atoms with Crippen molar-refractivity contribution in [3.05, 3.63) is 77.3 Å². The maximum absolute atomic E-state index is 14.1. The van der Waals surface area contributed by atoms with Crippen molar-refractivity contribution in [1.29, 1.82) is 0 Å². The van der Waals surface area contributed by atoms with E-state index in [2.05, 4.69) is 48.8 Å². The van der Waals surface area contributed by atoms with E-state index in [1.807, 2.05) is 29.2 Å². The molecule has 3 aromatic heterocycles. The summed E-state index contributed by atoms with van der Waals surface area (Å²) in [5, 5.41) is 8.67. The molecule has 4 aliphatic rings. The smallest absolute Gasteiger partial charge is 0.274 e. The molecule has 3 fully saturated rings. The van der Waals surface area contributed by atoms with Crippen LogP contribution in [0.25, 0.3) is 33.5 Å². The van der Waals surface area contributed by atoms with Crippen LogP contribution in [0.4, 0.5) is 10.2 Å². The number of rotatable bonds is 6. The summed E-state index contributed by atoms with van der Waals surface area (Å²) in [6.45, 7) is 9.67. The van der Waals surface area contributed by atoms with E-state index in [0.29, 0.717) is 42.5 Å². The number of aromatic nitrogens is 6. The van der Waals surface area contributed by atoms with Crippen LogP contribution in [0.1, 0.15) is 66.5 Å². The fourth-order valence-corrected chi connectivity index (χ4v) is 9.36. The van der Waals surface area contributed by atoms with Crippen molar-refractivity contribution in [2.24, 2.45) is 5.41 Å². The fraction of sp³-hybridized carbons (Fsp3) is 0.475. The van der Waals surface area contributed by atoms with Crippen LogP contribution in [-0.2, 0) is 19.4 Å². The molecule has 270 valence electrons. The number of nitrogens with one attached hydrogen (secondary N) is 2. The molecule has 0 atom stereocenters. The Bertz CT molecular complexity index is 2090. The molecule has 2 saturated heterocycles. The lowest BCUT2D eigenvalue weighted by atomic mass is 9.67. The molecule has 5 aromatic rings. The van der Waals surface area contributed by atoms with Crippen molar-refractivity contribution in [1.82, 2.24) is 44.8 Å². The molecule has 12 heteroatoms. The number of aryl methyl sites for hydroxylation is 1. The first kappa shape index (κ1) is 33.2. The topological polar surface area (TPSA) is 113 Å². The number of amides is 1. The molecule has 2 aromatic carbocycles. The quantitative estimate of drug-likeness (QED) is 0.232. The Kier molecular flexibility index (Phi) is 8.54. The summed E-state index contributed by atoms with van der Waals surface area (Å²) in [7, 11) is 2.24. The lowest BCUT2D eigenvalue weighted by molar-refractivity contribution is -0.0297. The number of fused-ring (bicyclic) bond motifs is 2. The Morgan fingerprint density at radius 1 is 1.00 bits per heavy atom. The molecule has 9 rings (SSSR count). The standard InChI is InChI=1S/C40H47FN10O/c1-3-26-5-7-28(41)20-31(26)27-6-8-30-33(19-27)46-47-37(30)38-44-32-11-16-51(23-35(32)45-38)39(52)34-21-43-36(22-42-34)50-15-4-14-49(17-18-50)29-9-12-40(13-10-29)24-48(2)25-40/h5-8,19-22,29H,3-4,9-18,23-25H2,1-2H3,(H,44,45)(H,46,47). The van der Waals surface area contributed by atoms with Gasteiger partial charge >= 0.3 is 0 Å². The van der Waals surface area contributed by atoms with E-state index in [1.165, 1.54) is 44.8 Å². The molecule has 0 radical (unpaired) electrons. The molecule has 0 unspecified atom stereocenters. The Hall–Kier alpha value is -4.68.